The largest absolute Gasteiger partial charge is 0.465 e. The number of furan rings is 1. The second-order valence-corrected chi connectivity index (χ2v) is 7.08. The highest BCUT2D eigenvalue weighted by atomic mass is 16.5. The van der Waals surface area contributed by atoms with Crippen molar-refractivity contribution < 1.29 is 13.9 Å². The number of ether oxygens (including phenoxy) is 1. The predicted octanol–water partition coefficient (Wildman–Crippen LogP) is 3.11. The van der Waals surface area contributed by atoms with Gasteiger partial charge in [0.1, 0.15) is 11.5 Å². The zero-order valence-corrected chi connectivity index (χ0v) is 16.4. The molecule has 2 heterocycles. The van der Waals surface area contributed by atoms with Crippen molar-refractivity contribution in [1.82, 2.24) is 15.1 Å². The third-order valence-corrected chi connectivity index (χ3v) is 5.04. The Hall–Kier alpha value is -2.31. The van der Waals surface area contributed by atoms with Gasteiger partial charge in [0.05, 0.1) is 19.3 Å². The topological polar surface area (TPSA) is 58.0 Å². The van der Waals surface area contributed by atoms with E-state index in [1.165, 1.54) is 5.56 Å². The highest BCUT2D eigenvalue weighted by molar-refractivity contribution is 5.73. The number of hydrogen-bond acceptors (Lipinski definition) is 4. The SMILES string of the molecule is Cc1ccc(C(CNC(=O)N(C)Cc2ccccc2C)N2CCOCC2)o1. The number of morpholine rings is 1. The lowest BCUT2D eigenvalue weighted by molar-refractivity contribution is 0.0119. The lowest BCUT2D eigenvalue weighted by Crippen LogP contribution is -2.45. The van der Waals surface area contributed by atoms with E-state index >= 15 is 0 Å². The number of carbonyl (C=O) groups excluding carboxylic acids is 1. The summed E-state index contributed by atoms with van der Waals surface area (Å²) in [6, 6.07) is 12.0. The molecule has 1 aromatic carbocycles. The number of amides is 2. The van der Waals surface area contributed by atoms with E-state index in [2.05, 4.69) is 29.3 Å². The highest BCUT2D eigenvalue weighted by Crippen LogP contribution is 2.23. The Morgan fingerprint density at radius 1 is 1.19 bits per heavy atom. The van der Waals surface area contributed by atoms with E-state index in [0.29, 0.717) is 26.3 Å². The first-order valence-corrected chi connectivity index (χ1v) is 9.46. The Kier molecular flexibility index (Phi) is 6.53. The molecule has 1 saturated heterocycles. The van der Waals surface area contributed by atoms with E-state index in [0.717, 1.165) is 30.2 Å². The first-order chi connectivity index (χ1) is 13.0. The minimum Gasteiger partial charge on any atom is -0.465 e. The fourth-order valence-electron chi connectivity index (χ4n) is 3.37. The number of rotatable bonds is 6. The zero-order valence-electron chi connectivity index (χ0n) is 16.4. The summed E-state index contributed by atoms with van der Waals surface area (Å²) in [5, 5.41) is 3.07. The van der Waals surface area contributed by atoms with Crippen molar-refractivity contribution in [3.8, 4) is 0 Å². The summed E-state index contributed by atoms with van der Waals surface area (Å²) in [6.07, 6.45) is 0. The molecular formula is C21H29N3O3. The molecule has 0 bridgehead atoms. The molecule has 0 aliphatic carbocycles. The highest BCUT2D eigenvalue weighted by Gasteiger charge is 2.26. The minimum atomic E-state index is -0.0835. The molecule has 1 aliphatic rings. The number of aryl methyl sites for hydroxylation is 2. The summed E-state index contributed by atoms with van der Waals surface area (Å²) in [4.78, 5) is 16.6. The molecule has 6 nitrogen and oxygen atoms in total. The third kappa shape index (κ3) is 5.11. The van der Waals surface area contributed by atoms with Crippen LogP contribution in [0.5, 0.6) is 0 Å². The normalized spacial score (nSPS) is 16.1. The summed E-state index contributed by atoms with van der Waals surface area (Å²) >= 11 is 0. The summed E-state index contributed by atoms with van der Waals surface area (Å²) in [5.74, 6) is 1.77. The molecule has 2 amide bonds. The van der Waals surface area contributed by atoms with E-state index in [4.69, 9.17) is 9.15 Å². The molecule has 1 N–H and O–H groups in total. The number of nitrogens with one attached hydrogen (secondary N) is 1. The maximum atomic E-state index is 12.6. The molecule has 1 unspecified atom stereocenters. The first-order valence-electron chi connectivity index (χ1n) is 9.46. The van der Waals surface area contributed by atoms with Crippen molar-refractivity contribution in [3.63, 3.8) is 0 Å². The molecule has 1 fully saturated rings. The fraction of sp³-hybridized carbons (Fsp3) is 0.476. The predicted molar refractivity (Wildman–Crippen MR) is 105 cm³/mol. The van der Waals surface area contributed by atoms with Gasteiger partial charge in [-0.15, -0.1) is 0 Å². The smallest absolute Gasteiger partial charge is 0.317 e. The first kappa shape index (κ1) is 19.5. The van der Waals surface area contributed by atoms with Crippen LogP contribution in [0.3, 0.4) is 0 Å². The van der Waals surface area contributed by atoms with Crippen LogP contribution in [0.15, 0.2) is 40.8 Å². The van der Waals surface area contributed by atoms with Crippen molar-refractivity contribution in [2.45, 2.75) is 26.4 Å². The maximum absolute atomic E-state index is 12.6. The van der Waals surface area contributed by atoms with Gasteiger partial charge in [-0.1, -0.05) is 24.3 Å². The lowest BCUT2D eigenvalue weighted by atomic mass is 10.1. The van der Waals surface area contributed by atoms with E-state index in [9.17, 15) is 4.79 Å². The Morgan fingerprint density at radius 2 is 1.93 bits per heavy atom. The van der Waals surface area contributed by atoms with Crippen molar-refractivity contribution in [3.05, 3.63) is 59.0 Å². The molecule has 0 radical (unpaired) electrons. The molecule has 27 heavy (non-hydrogen) atoms. The second kappa shape index (κ2) is 9.06. The van der Waals surface area contributed by atoms with Gasteiger partial charge in [0, 0.05) is 33.2 Å². The molecule has 1 aromatic heterocycles. The van der Waals surface area contributed by atoms with Gasteiger partial charge in [0.2, 0.25) is 0 Å². The summed E-state index contributed by atoms with van der Waals surface area (Å²) in [5.41, 5.74) is 2.34. The van der Waals surface area contributed by atoms with E-state index in [1.807, 2.05) is 38.2 Å². The van der Waals surface area contributed by atoms with Crippen LogP contribution < -0.4 is 5.32 Å². The Labute approximate surface area is 161 Å². The van der Waals surface area contributed by atoms with Crippen molar-refractivity contribution in [2.75, 3.05) is 39.9 Å². The van der Waals surface area contributed by atoms with Crippen LogP contribution in [-0.2, 0) is 11.3 Å². The van der Waals surface area contributed by atoms with Gasteiger partial charge in [0.25, 0.3) is 0 Å². The standard InChI is InChI=1S/C21H29N3O3/c1-16-6-4-5-7-18(16)15-23(3)21(25)22-14-19(20-9-8-17(2)27-20)24-10-12-26-13-11-24/h4-9,19H,10-15H2,1-3H3,(H,22,25). The van der Waals surface area contributed by atoms with Gasteiger partial charge in [0.15, 0.2) is 0 Å². The molecule has 1 aliphatic heterocycles. The van der Waals surface area contributed by atoms with Gasteiger partial charge in [-0.3, -0.25) is 4.90 Å². The Bertz CT molecular complexity index is 753. The number of hydrogen-bond donors (Lipinski definition) is 1. The van der Waals surface area contributed by atoms with Crippen LogP contribution >= 0.6 is 0 Å². The van der Waals surface area contributed by atoms with E-state index in [-0.39, 0.29) is 12.1 Å². The Balaban J connectivity index is 1.62. The van der Waals surface area contributed by atoms with Gasteiger partial charge in [-0.05, 0) is 37.1 Å². The average Bonchev–Trinajstić information content (AvgIpc) is 3.10. The lowest BCUT2D eigenvalue weighted by Gasteiger charge is -2.33. The van der Waals surface area contributed by atoms with Crippen LogP contribution in [0, 0.1) is 13.8 Å². The maximum Gasteiger partial charge on any atom is 0.317 e. The summed E-state index contributed by atoms with van der Waals surface area (Å²) in [6.45, 7) is 8.17. The third-order valence-electron chi connectivity index (χ3n) is 5.04. The van der Waals surface area contributed by atoms with Crippen LogP contribution in [0.4, 0.5) is 4.79 Å². The Morgan fingerprint density at radius 3 is 2.59 bits per heavy atom. The average molecular weight is 371 g/mol. The van der Waals surface area contributed by atoms with E-state index < -0.39 is 0 Å². The summed E-state index contributed by atoms with van der Waals surface area (Å²) in [7, 11) is 1.82. The minimum absolute atomic E-state index is 0.0124. The number of benzene rings is 1. The molecule has 0 saturated carbocycles. The molecule has 3 rings (SSSR count). The van der Waals surface area contributed by atoms with E-state index in [1.54, 1.807) is 4.90 Å². The molecule has 2 aromatic rings. The van der Waals surface area contributed by atoms with Crippen molar-refractivity contribution in [1.29, 1.82) is 0 Å². The van der Waals surface area contributed by atoms with Gasteiger partial charge >= 0.3 is 6.03 Å². The van der Waals surface area contributed by atoms with Gasteiger partial charge in [-0.2, -0.15) is 0 Å². The summed E-state index contributed by atoms with van der Waals surface area (Å²) < 4.78 is 11.3. The second-order valence-electron chi connectivity index (χ2n) is 7.08. The molecule has 0 spiro atoms. The quantitative estimate of drug-likeness (QED) is 0.848. The van der Waals surface area contributed by atoms with Crippen LogP contribution in [0.1, 0.15) is 28.7 Å². The fourth-order valence-corrected chi connectivity index (χ4v) is 3.37. The molecule has 1 atom stereocenters. The van der Waals surface area contributed by atoms with Crippen LogP contribution in [0.25, 0.3) is 0 Å². The molecular weight excluding hydrogens is 342 g/mol. The van der Waals surface area contributed by atoms with Crippen LogP contribution in [0.2, 0.25) is 0 Å². The van der Waals surface area contributed by atoms with Gasteiger partial charge < -0.3 is 19.4 Å². The van der Waals surface area contributed by atoms with Crippen molar-refractivity contribution >= 4 is 6.03 Å². The number of urea groups is 1. The zero-order chi connectivity index (χ0) is 19.2. The molecule has 6 heteroatoms. The number of nitrogens with zero attached hydrogens (tertiary/aromatic N) is 2. The van der Waals surface area contributed by atoms with Crippen LogP contribution in [-0.4, -0.2) is 55.7 Å². The molecule has 146 valence electrons. The van der Waals surface area contributed by atoms with Gasteiger partial charge in [-0.25, -0.2) is 4.79 Å². The van der Waals surface area contributed by atoms with Crippen molar-refractivity contribution in [2.24, 2.45) is 0 Å². The number of carbonyl (C=O) groups is 1. The monoisotopic (exact) mass is 371 g/mol.